The van der Waals surface area contributed by atoms with Gasteiger partial charge in [-0.1, -0.05) is 0 Å². The number of H-pyrrole nitrogens is 1. The van der Waals surface area contributed by atoms with Crippen LogP contribution in [0.3, 0.4) is 0 Å². The number of ether oxygens (including phenoxy) is 2. The molecule has 1 aromatic rings. The first-order valence-corrected chi connectivity index (χ1v) is 7.62. The second-order valence-electron chi connectivity index (χ2n) is 4.37. The van der Waals surface area contributed by atoms with E-state index in [0.717, 1.165) is 27.1 Å². The summed E-state index contributed by atoms with van der Waals surface area (Å²) in [6, 6.07) is 0. The van der Waals surface area contributed by atoms with Crippen molar-refractivity contribution in [1.82, 2.24) is 14.5 Å². The van der Waals surface area contributed by atoms with Crippen molar-refractivity contribution in [2.24, 2.45) is 0 Å². The van der Waals surface area contributed by atoms with E-state index in [4.69, 9.17) is 0 Å². The van der Waals surface area contributed by atoms with Crippen LogP contribution in [-0.4, -0.2) is 62.2 Å². The Morgan fingerprint density at radius 3 is 2.24 bits per heavy atom. The summed E-state index contributed by atoms with van der Waals surface area (Å²) in [6.07, 6.45) is 1.48. The molecule has 0 aliphatic carbocycles. The van der Waals surface area contributed by atoms with Gasteiger partial charge in [-0.15, -0.1) is 0 Å². The van der Waals surface area contributed by atoms with Gasteiger partial charge in [0.1, 0.15) is 5.56 Å². The van der Waals surface area contributed by atoms with Crippen LogP contribution in [0.25, 0.3) is 0 Å². The Balaban J connectivity index is 2.56. The van der Waals surface area contributed by atoms with Crippen molar-refractivity contribution in [3.8, 4) is 0 Å². The zero-order valence-electron chi connectivity index (χ0n) is 11.6. The number of sulfonamides is 1. The van der Waals surface area contributed by atoms with Crippen molar-refractivity contribution in [1.29, 1.82) is 0 Å². The topological polar surface area (TPSA) is 119 Å². The van der Waals surface area contributed by atoms with Crippen molar-refractivity contribution < 1.29 is 27.5 Å². The SMILES string of the molecule is COC(=O)c1n[nH]c(S(=O)(=O)N2CCCC2)c1C(=O)OC. The molecule has 1 aliphatic heterocycles. The highest BCUT2D eigenvalue weighted by molar-refractivity contribution is 7.89. The third-order valence-electron chi connectivity index (χ3n) is 3.16. The zero-order valence-corrected chi connectivity index (χ0v) is 12.4. The number of hydrogen-bond acceptors (Lipinski definition) is 7. The van der Waals surface area contributed by atoms with Crippen LogP contribution in [0.4, 0.5) is 0 Å². The summed E-state index contributed by atoms with van der Waals surface area (Å²) >= 11 is 0. The Bertz CT molecular complexity index is 659. The van der Waals surface area contributed by atoms with E-state index in [1.54, 1.807) is 0 Å². The monoisotopic (exact) mass is 317 g/mol. The van der Waals surface area contributed by atoms with Gasteiger partial charge in [0.15, 0.2) is 10.7 Å². The van der Waals surface area contributed by atoms with Gasteiger partial charge in [-0.25, -0.2) is 18.0 Å². The maximum Gasteiger partial charge on any atom is 0.359 e. The van der Waals surface area contributed by atoms with Crippen LogP contribution in [-0.2, 0) is 19.5 Å². The van der Waals surface area contributed by atoms with E-state index in [9.17, 15) is 18.0 Å². The number of esters is 2. The number of methoxy groups -OCH3 is 2. The third kappa shape index (κ3) is 2.63. The second-order valence-corrected chi connectivity index (χ2v) is 6.25. The van der Waals surface area contributed by atoms with Crippen molar-refractivity contribution >= 4 is 22.0 Å². The average molecular weight is 317 g/mol. The number of nitrogens with zero attached hydrogens (tertiary/aromatic N) is 2. The molecule has 9 nitrogen and oxygen atoms in total. The Kier molecular flexibility index (Phi) is 4.28. The molecule has 1 aliphatic rings. The molecule has 0 atom stereocenters. The van der Waals surface area contributed by atoms with E-state index in [0.29, 0.717) is 13.1 Å². The van der Waals surface area contributed by atoms with Gasteiger partial charge in [0, 0.05) is 13.1 Å². The van der Waals surface area contributed by atoms with E-state index in [-0.39, 0.29) is 0 Å². The van der Waals surface area contributed by atoms with Gasteiger partial charge >= 0.3 is 11.9 Å². The quantitative estimate of drug-likeness (QED) is 0.762. The Labute approximate surface area is 121 Å². The predicted molar refractivity (Wildman–Crippen MR) is 69.3 cm³/mol. The van der Waals surface area contributed by atoms with Crippen molar-refractivity contribution in [2.45, 2.75) is 17.9 Å². The molecule has 0 amide bonds. The lowest BCUT2D eigenvalue weighted by Gasteiger charge is -2.14. The summed E-state index contributed by atoms with van der Waals surface area (Å²) in [7, 11) is -1.75. The molecule has 1 fully saturated rings. The minimum absolute atomic E-state index is 0.357. The van der Waals surface area contributed by atoms with E-state index in [1.165, 1.54) is 4.31 Å². The lowest BCUT2D eigenvalue weighted by atomic mass is 10.2. The van der Waals surface area contributed by atoms with Crippen molar-refractivity contribution in [2.75, 3.05) is 27.3 Å². The molecule has 10 heteroatoms. The fourth-order valence-corrected chi connectivity index (χ4v) is 3.70. The van der Waals surface area contributed by atoms with Crippen molar-refractivity contribution in [3.63, 3.8) is 0 Å². The standard InChI is InChI=1S/C11H15N3O6S/c1-19-10(15)7-8(11(16)20-2)12-13-9(7)21(17,18)14-5-3-4-6-14/h3-6H2,1-2H3,(H,12,13). The third-order valence-corrected chi connectivity index (χ3v) is 5.02. The van der Waals surface area contributed by atoms with Gasteiger partial charge in [0.05, 0.1) is 14.2 Å². The molecule has 0 spiro atoms. The number of aromatic nitrogens is 2. The molecule has 1 saturated heterocycles. The number of hydrogen-bond donors (Lipinski definition) is 1. The highest BCUT2D eigenvalue weighted by Gasteiger charge is 2.37. The molecule has 1 aromatic heterocycles. The normalized spacial score (nSPS) is 15.9. The molecular formula is C11H15N3O6S. The summed E-state index contributed by atoms with van der Waals surface area (Å²) in [6.45, 7) is 0.713. The first-order chi connectivity index (χ1) is 9.93. The van der Waals surface area contributed by atoms with Gasteiger partial charge in [0.25, 0.3) is 10.0 Å². The first kappa shape index (κ1) is 15.4. The second kappa shape index (κ2) is 5.82. The molecule has 0 aromatic carbocycles. The Hall–Kier alpha value is -1.94. The minimum Gasteiger partial charge on any atom is -0.465 e. The summed E-state index contributed by atoms with van der Waals surface area (Å²) in [5.41, 5.74) is -0.849. The molecule has 116 valence electrons. The highest BCUT2D eigenvalue weighted by atomic mass is 32.2. The lowest BCUT2D eigenvalue weighted by Crippen LogP contribution is -2.29. The lowest BCUT2D eigenvalue weighted by molar-refractivity contribution is 0.0549. The minimum atomic E-state index is -3.94. The van der Waals surface area contributed by atoms with Gasteiger partial charge in [-0.3, -0.25) is 5.10 Å². The van der Waals surface area contributed by atoms with Crippen molar-refractivity contribution in [3.05, 3.63) is 11.3 Å². The number of nitrogens with one attached hydrogen (secondary N) is 1. The first-order valence-electron chi connectivity index (χ1n) is 6.18. The van der Waals surface area contributed by atoms with Crippen LogP contribution < -0.4 is 0 Å². The van der Waals surface area contributed by atoms with E-state index in [1.807, 2.05) is 0 Å². The Morgan fingerprint density at radius 1 is 1.14 bits per heavy atom. The summed E-state index contributed by atoms with van der Waals surface area (Å²) in [5, 5.41) is 5.38. The molecule has 0 saturated carbocycles. The van der Waals surface area contributed by atoms with Crippen LogP contribution in [0.5, 0.6) is 0 Å². The zero-order chi connectivity index (χ0) is 15.6. The largest absolute Gasteiger partial charge is 0.465 e. The van der Waals surface area contributed by atoms with Gasteiger partial charge in [-0.2, -0.15) is 9.40 Å². The van der Waals surface area contributed by atoms with Crippen LogP contribution in [0.2, 0.25) is 0 Å². The van der Waals surface area contributed by atoms with Crippen LogP contribution >= 0.6 is 0 Å². The van der Waals surface area contributed by atoms with E-state index >= 15 is 0 Å². The Morgan fingerprint density at radius 2 is 1.71 bits per heavy atom. The van der Waals surface area contributed by atoms with Crippen LogP contribution in [0.1, 0.15) is 33.7 Å². The van der Waals surface area contributed by atoms with E-state index < -0.39 is 38.2 Å². The molecular weight excluding hydrogens is 302 g/mol. The molecule has 21 heavy (non-hydrogen) atoms. The van der Waals surface area contributed by atoms with Gasteiger partial charge in [0.2, 0.25) is 0 Å². The predicted octanol–water partition coefficient (Wildman–Crippen LogP) is -0.233. The molecule has 0 radical (unpaired) electrons. The fraction of sp³-hybridized carbons (Fsp3) is 0.545. The molecule has 0 unspecified atom stereocenters. The number of aromatic amines is 1. The highest BCUT2D eigenvalue weighted by Crippen LogP contribution is 2.25. The summed E-state index contributed by atoms with van der Waals surface area (Å²) in [5.74, 6) is -1.89. The maximum absolute atomic E-state index is 12.5. The summed E-state index contributed by atoms with van der Waals surface area (Å²) < 4.78 is 35.2. The van der Waals surface area contributed by atoms with Crippen LogP contribution in [0, 0.1) is 0 Å². The smallest absolute Gasteiger partial charge is 0.359 e. The van der Waals surface area contributed by atoms with E-state index in [2.05, 4.69) is 19.7 Å². The molecule has 1 N–H and O–H groups in total. The molecule has 2 rings (SSSR count). The molecule has 0 bridgehead atoms. The van der Waals surface area contributed by atoms with Gasteiger partial charge in [-0.05, 0) is 12.8 Å². The maximum atomic E-state index is 12.5. The number of rotatable bonds is 4. The van der Waals surface area contributed by atoms with Gasteiger partial charge < -0.3 is 9.47 Å². The molecule has 2 heterocycles. The van der Waals surface area contributed by atoms with Crippen LogP contribution in [0.15, 0.2) is 5.03 Å². The number of carbonyl (C=O) groups excluding carboxylic acids is 2. The fourth-order valence-electron chi connectivity index (χ4n) is 2.11. The summed E-state index contributed by atoms with van der Waals surface area (Å²) in [4.78, 5) is 23.4. The average Bonchev–Trinajstić information content (AvgIpc) is 3.14. The number of carbonyl (C=O) groups is 2.